The Bertz CT molecular complexity index is 427. The predicted octanol–water partition coefficient (Wildman–Crippen LogP) is 3.17. The molecule has 1 aromatic rings. The van der Waals surface area contributed by atoms with Crippen LogP contribution in [0, 0.1) is 5.41 Å². The largest absolute Gasteiger partial charge is 0.370 e. The third-order valence-electron chi connectivity index (χ3n) is 4.71. The highest BCUT2D eigenvalue weighted by Gasteiger charge is 2.43. The number of hydrogen-bond acceptors (Lipinski definition) is 2. The maximum atomic E-state index is 3.55. The number of rotatable bonds is 1. The Kier molecular flexibility index (Phi) is 3.09. The lowest BCUT2D eigenvalue weighted by Crippen LogP contribution is -2.62. The molecule has 1 N–H and O–H groups in total. The van der Waals surface area contributed by atoms with Gasteiger partial charge in [0.1, 0.15) is 0 Å². The molecule has 19 heavy (non-hydrogen) atoms. The lowest BCUT2D eigenvalue weighted by Gasteiger charge is -2.53. The number of nitrogens with one attached hydrogen (secondary N) is 1. The zero-order valence-corrected chi connectivity index (χ0v) is 12.5. The van der Waals surface area contributed by atoms with Crippen molar-refractivity contribution in [3.8, 4) is 0 Å². The highest BCUT2D eigenvalue weighted by Crippen LogP contribution is 2.39. The van der Waals surface area contributed by atoms with Gasteiger partial charge in [-0.1, -0.05) is 32.9 Å². The van der Waals surface area contributed by atoms with E-state index in [9.17, 15) is 0 Å². The van der Waals surface area contributed by atoms with E-state index in [-0.39, 0.29) is 5.41 Å². The minimum Gasteiger partial charge on any atom is -0.370 e. The molecule has 2 saturated heterocycles. The fourth-order valence-electron chi connectivity index (χ4n) is 3.42. The van der Waals surface area contributed by atoms with Gasteiger partial charge in [0.2, 0.25) is 0 Å². The molecule has 3 rings (SSSR count). The van der Waals surface area contributed by atoms with Crippen LogP contribution in [0.3, 0.4) is 0 Å². The molecular formula is C17H26N2. The van der Waals surface area contributed by atoms with Gasteiger partial charge in [0.15, 0.2) is 0 Å². The Balaban J connectivity index is 1.65. The van der Waals surface area contributed by atoms with Gasteiger partial charge in [-0.2, -0.15) is 0 Å². The average molecular weight is 258 g/mol. The van der Waals surface area contributed by atoms with Crippen LogP contribution in [0.15, 0.2) is 24.3 Å². The number of piperidine rings is 1. The average Bonchev–Trinajstić information content (AvgIpc) is 2.36. The van der Waals surface area contributed by atoms with Crippen molar-refractivity contribution in [1.82, 2.24) is 5.32 Å². The summed E-state index contributed by atoms with van der Waals surface area (Å²) >= 11 is 0. The Hall–Kier alpha value is -1.02. The molecule has 2 aliphatic heterocycles. The van der Waals surface area contributed by atoms with Crippen molar-refractivity contribution in [2.45, 2.75) is 39.0 Å². The van der Waals surface area contributed by atoms with Crippen molar-refractivity contribution in [2.75, 3.05) is 31.1 Å². The third kappa shape index (κ3) is 2.51. The smallest absolute Gasteiger partial charge is 0.0366 e. The standard InChI is InChI=1S/C17H26N2/c1-16(2,3)14-5-7-15(8-6-14)19-12-17(13-19)9-4-10-18-11-17/h5-8,18H,4,9-13H2,1-3H3. The fourth-order valence-corrected chi connectivity index (χ4v) is 3.42. The van der Waals surface area contributed by atoms with Gasteiger partial charge in [0.05, 0.1) is 0 Å². The summed E-state index contributed by atoms with van der Waals surface area (Å²) in [6.45, 7) is 11.7. The number of nitrogens with zero attached hydrogens (tertiary/aromatic N) is 1. The zero-order valence-electron chi connectivity index (χ0n) is 12.5. The van der Waals surface area contributed by atoms with E-state index in [1.54, 1.807) is 0 Å². The second-order valence-corrected chi connectivity index (χ2v) is 7.43. The Labute approximate surface area is 117 Å². The predicted molar refractivity (Wildman–Crippen MR) is 81.9 cm³/mol. The first kappa shape index (κ1) is 13.0. The van der Waals surface area contributed by atoms with Crippen LogP contribution in [0.2, 0.25) is 0 Å². The SMILES string of the molecule is CC(C)(C)c1ccc(N2CC3(CCCNC3)C2)cc1. The van der Waals surface area contributed by atoms with Crippen LogP contribution in [0.5, 0.6) is 0 Å². The lowest BCUT2D eigenvalue weighted by molar-refractivity contribution is 0.157. The summed E-state index contributed by atoms with van der Waals surface area (Å²) in [4.78, 5) is 2.53. The molecule has 2 heterocycles. The molecule has 0 atom stereocenters. The van der Waals surface area contributed by atoms with Gasteiger partial charge < -0.3 is 10.2 Å². The fraction of sp³-hybridized carbons (Fsp3) is 0.647. The molecule has 1 spiro atoms. The van der Waals surface area contributed by atoms with Crippen LogP contribution >= 0.6 is 0 Å². The zero-order chi connectivity index (χ0) is 13.5. The second-order valence-electron chi connectivity index (χ2n) is 7.43. The van der Waals surface area contributed by atoms with E-state index in [4.69, 9.17) is 0 Å². The van der Waals surface area contributed by atoms with Crippen LogP contribution in [0.4, 0.5) is 5.69 Å². The molecule has 0 aliphatic carbocycles. The topological polar surface area (TPSA) is 15.3 Å². The van der Waals surface area contributed by atoms with E-state index in [0.717, 1.165) is 0 Å². The lowest BCUT2D eigenvalue weighted by atomic mass is 9.73. The minimum absolute atomic E-state index is 0.252. The van der Waals surface area contributed by atoms with Gasteiger partial charge in [-0.15, -0.1) is 0 Å². The molecule has 2 fully saturated rings. The van der Waals surface area contributed by atoms with Crippen molar-refractivity contribution in [3.05, 3.63) is 29.8 Å². The van der Waals surface area contributed by atoms with Gasteiger partial charge in [-0.3, -0.25) is 0 Å². The van der Waals surface area contributed by atoms with E-state index in [0.29, 0.717) is 5.41 Å². The van der Waals surface area contributed by atoms with Crippen molar-refractivity contribution >= 4 is 5.69 Å². The van der Waals surface area contributed by atoms with Gasteiger partial charge >= 0.3 is 0 Å². The third-order valence-corrected chi connectivity index (χ3v) is 4.71. The minimum atomic E-state index is 0.252. The number of hydrogen-bond donors (Lipinski definition) is 1. The van der Waals surface area contributed by atoms with Crippen LogP contribution in [-0.2, 0) is 5.41 Å². The summed E-state index contributed by atoms with van der Waals surface area (Å²) < 4.78 is 0. The van der Waals surface area contributed by atoms with Crippen LogP contribution in [-0.4, -0.2) is 26.2 Å². The quantitative estimate of drug-likeness (QED) is 0.832. The van der Waals surface area contributed by atoms with Gasteiger partial charge in [0.25, 0.3) is 0 Å². The van der Waals surface area contributed by atoms with Crippen LogP contribution < -0.4 is 10.2 Å². The highest BCUT2D eigenvalue weighted by molar-refractivity contribution is 5.51. The van der Waals surface area contributed by atoms with Crippen LogP contribution in [0.25, 0.3) is 0 Å². The summed E-state index contributed by atoms with van der Waals surface area (Å²) in [6, 6.07) is 9.17. The van der Waals surface area contributed by atoms with Crippen molar-refractivity contribution in [3.63, 3.8) is 0 Å². The van der Waals surface area contributed by atoms with E-state index < -0.39 is 0 Å². The molecule has 0 aromatic heterocycles. The summed E-state index contributed by atoms with van der Waals surface area (Å²) in [5.41, 5.74) is 3.64. The maximum absolute atomic E-state index is 3.55. The van der Waals surface area contributed by atoms with E-state index in [1.165, 1.54) is 50.3 Å². The van der Waals surface area contributed by atoms with Gasteiger partial charge in [0, 0.05) is 30.7 Å². The monoisotopic (exact) mass is 258 g/mol. The van der Waals surface area contributed by atoms with Gasteiger partial charge in [-0.25, -0.2) is 0 Å². The number of anilines is 1. The Morgan fingerprint density at radius 3 is 2.32 bits per heavy atom. The molecule has 2 nitrogen and oxygen atoms in total. The Morgan fingerprint density at radius 1 is 1.11 bits per heavy atom. The van der Waals surface area contributed by atoms with E-state index in [1.807, 2.05) is 0 Å². The van der Waals surface area contributed by atoms with E-state index in [2.05, 4.69) is 55.3 Å². The molecule has 0 amide bonds. The second kappa shape index (κ2) is 4.52. The van der Waals surface area contributed by atoms with Crippen molar-refractivity contribution < 1.29 is 0 Å². The number of benzene rings is 1. The highest BCUT2D eigenvalue weighted by atomic mass is 15.2. The summed E-state index contributed by atoms with van der Waals surface area (Å²) in [7, 11) is 0. The van der Waals surface area contributed by atoms with Crippen molar-refractivity contribution in [2.24, 2.45) is 5.41 Å². The summed E-state index contributed by atoms with van der Waals surface area (Å²) in [5.74, 6) is 0. The summed E-state index contributed by atoms with van der Waals surface area (Å²) in [6.07, 6.45) is 2.74. The molecule has 2 aliphatic rings. The molecule has 0 radical (unpaired) electrons. The normalized spacial score (nSPS) is 22.4. The first-order valence-electron chi connectivity index (χ1n) is 7.55. The Morgan fingerprint density at radius 2 is 1.79 bits per heavy atom. The molecular weight excluding hydrogens is 232 g/mol. The molecule has 0 saturated carbocycles. The summed E-state index contributed by atoms with van der Waals surface area (Å²) in [5, 5.41) is 3.55. The molecule has 2 heteroatoms. The first-order chi connectivity index (χ1) is 8.99. The van der Waals surface area contributed by atoms with Gasteiger partial charge in [-0.05, 0) is 42.5 Å². The van der Waals surface area contributed by atoms with Crippen molar-refractivity contribution in [1.29, 1.82) is 0 Å². The van der Waals surface area contributed by atoms with Crippen LogP contribution in [0.1, 0.15) is 39.2 Å². The molecule has 0 unspecified atom stereocenters. The molecule has 0 bridgehead atoms. The molecule has 104 valence electrons. The molecule has 1 aromatic carbocycles. The first-order valence-corrected chi connectivity index (χ1v) is 7.55. The van der Waals surface area contributed by atoms with E-state index >= 15 is 0 Å². The maximum Gasteiger partial charge on any atom is 0.0366 e.